The van der Waals surface area contributed by atoms with E-state index in [-0.39, 0.29) is 17.9 Å². The van der Waals surface area contributed by atoms with Gasteiger partial charge in [-0.25, -0.2) is 0 Å². The summed E-state index contributed by atoms with van der Waals surface area (Å²) in [5.74, 6) is 0.0604. The number of thiophene rings is 1. The SMILES string of the molecule is O=C(C1CCCN1C(=O)c1ccccc1)N1CCN(Cc2ccc(Cl)s2)CC1. The second-order valence-corrected chi connectivity index (χ2v) is 9.13. The van der Waals surface area contributed by atoms with Crippen LogP contribution in [0.4, 0.5) is 0 Å². The molecular weight excluding hydrogens is 394 g/mol. The second kappa shape index (κ2) is 8.64. The number of benzene rings is 1. The summed E-state index contributed by atoms with van der Waals surface area (Å²) >= 11 is 7.62. The standard InChI is InChI=1S/C21H24ClN3O2S/c22-19-9-8-17(28-19)15-23-11-13-24(14-12-23)21(27)18-7-4-10-25(18)20(26)16-5-2-1-3-6-16/h1-3,5-6,8-9,18H,4,7,10-15H2. The lowest BCUT2D eigenvalue weighted by molar-refractivity contribution is -0.137. The molecule has 1 unspecified atom stereocenters. The predicted octanol–water partition coefficient (Wildman–Crippen LogP) is 3.35. The van der Waals surface area contributed by atoms with E-state index in [1.54, 1.807) is 16.2 Å². The van der Waals surface area contributed by atoms with Crippen LogP contribution in [0.3, 0.4) is 0 Å². The van der Waals surface area contributed by atoms with Gasteiger partial charge in [0, 0.05) is 49.7 Å². The van der Waals surface area contributed by atoms with Crippen LogP contribution in [0.5, 0.6) is 0 Å². The van der Waals surface area contributed by atoms with Gasteiger partial charge in [-0.05, 0) is 37.1 Å². The molecule has 1 atom stereocenters. The van der Waals surface area contributed by atoms with Crippen LogP contribution in [0.1, 0.15) is 28.1 Å². The van der Waals surface area contributed by atoms with Crippen molar-refractivity contribution >= 4 is 34.8 Å². The molecule has 148 valence electrons. The fourth-order valence-corrected chi connectivity index (χ4v) is 5.14. The highest BCUT2D eigenvalue weighted by atomic mass is 35.5. The zero-order valence-corrected chi connectivity index (χ0v) is 17.3. The molecule has 0 aliphatic carbocycles. The summed E-state index contributed by atoms with van der Waals surface area (Å²) < 4.78 is 0.813. The number of halogens is 1. The van der Waals surface area contributed by atoms with Gasteiger partial charge in [-0.1, -0.05) is 29.8 Å². The molecule has 2 aliphatic rings. The Bertz CT molecular complexity index is 833. The minimum atomic E-state index is -0.324. The average molecular weight is 418 g/mol. The fourth-order valence-electron chi connectivity index (χ4n) is 4.01. The summed E-state index contributed by atoms with van der Waals surface area (Å²) in [5, 5.41) is 0. The fraction of sp³-hybridized carbons (Fsp3) is 0.429. The topological polar surface area (TPSA) is 43.9 Å². The van der Waals surface area contributed by atoms with Crippen molar-refractivity contribution in [2.45, 2.75) is 25.4 Å². The van der Waals surface area contributed by atoms with Crippen LogP contribution in [-0.2, 0) is 11.3 Å². The summed E-state index contributed by atoms with van der Waals surface area (Å²) in [5.41, 5.74) is 0.654. The van der Waals surface area contributed by atoms with E-state index in [4.69, 9.17) is 11.6 Å². The molecule has 2 saturated heterocycles. The predicted molar refractivity (Wildman–Crippen MR) is 112 cm³/mol. The Morgan fingerprint density at radius 2 is 1.75 bits per heavy atom. The minimum absolute atomic E-state index is 0.0374. The smallest absolute Gasteiger partial charge is 0.254 e. The van der Waals surface area contributed by atoms with Gasteiger partial charge in [-0.3, -0.25) is 14.5 Å². The molecule has 2 amide bonds. The first-order valence-electron chi connectivity index (χ1n) is 9.73. The zero-order chi connectivity index (χ0) is 19.5. The third-order valence-corrected chi connectivity index (χ3v) is 6.73. The van der Waals surface area contributed by atoms with Gasteiger partial charge in [0.05, 0.1) is 4.34 Å². The summed E-state index contributed by atoms with van der Waals surface area (Å²) in [6.45, 7) is 4.65. The third-order valence-electron chi connectivity index (χ3n) is 5.51. The number of rotatable bonds is 4. The lowest BCUT2D eigenvalue weighted by atomic mass is 10.1. The number of amides is 2. The Balaban J connectivity index is 1.34. The van der Waals surface area contributed by atoms with E-state index < -0.39 is 0 Å². The average Bonchev–Trinajstić information content (AvgIpc) is 3.37. The van der Waals surface area contributed by atoms with Crippen LogP contribution in [0, 0.1) is 0 Å². The maximum atomic E-state index is 13.1. The maximum Gasteiger partial charge on any atom is 0.254 e. The number of carbonyl (C=O) groups is 2. The van der Waals surface area contributed by atoms with Crippen molar-refractivity contribution in [3.63, 3.8) is 0 Å². The number of carbonyl (C=O) groups excluding carboxylic acids is 2. The van der Waals surface area contributed by atoms with Gasteiger partial charge in [0.2, 0.25) is 5.91 Å². The van der Waals surface area contributed by atoms with Gasteiger partial charge < -0.3 is 9.80 Å². The summed E-state index contributed by atoms with van der Waals surface area (Å²) in [6, 6.07) is 12.9. The summed E-state index contributed by atoms with van der Waals surface area (Å²) in [7, 11) is 0. The molecule has 3 heterocycles. The van der Waals surface area contributed by atoms with Gasteiger partial charge in [0.1, 0.15) is 6.04 Å². The molecule has 1 aromatic carbocycles. The Labute approximate surface area is 174 Å². The van der Waals surface area contributed by atoms with E-state index >= 15 is 0 Å². The summed E-state index contributed by atoms with van der Waals surface area (Å²) in [4.78, 5) is 33.2. The Hall–Kier alpha value is -1.89. The molecule has 2 aliphatic heterocycles. The van der Waals surface area contributed by atoms with E-state index in [0.717, 1.165) is 36.8 Å². The molecule has 2 fully saturated rings. The second-order valence-electron chi connectivity index (χ2n) is 7.33. The maximum absolute atomic E-state index is 13.1. The van der Waals surface area contributed by atoms with E-state index in [1.807, 2.05) is 41.3 Å². The molecule has 5 nitrogen and oxygen atoms in total. The van der Waals surface area contributed by atoms with Gasteiger partial charge in [0.25, 0.3) is 5.91 Å². The van der Waals surface area contributed by atoms with E-state index in [1.165, 1.54) is 4.88 Å². The van der Waals surface area contributed by atoms with Crippen molar-refractivity contribution in [2.24, 2.45) is 0 Å². The lowest BCUT2D eigenvalue weighted by Crippen LogP contribution is -2.54. The first kappa shape index (κ1) is 19.4. The van der Waals surface area contributed by atoms with Crippen LogP contribution in [0.25, 0.3) is 0 Å². The quantitative estimate of drug-likeness (QED) is 0.766. The van der Waals surface area contributed by atoms with Crippen molar-refractivity contribution < 1.29 is 9.59 Å². The van der Waals surface area contributed by atoms with E-state index in [0.29, 0.717) is 25.2 Å². The molecule has 0 saturated carbocycles. The first-order valence-corrected chi connectivity index (χ1v) is 10.9. The molecule has 7 heteroatoms. The highest BCUT2D eigenvalue weighted by Gasteiger charge is 2.37. The van der Waals surface area contributed by atoms with Gasteiger partial charge in [-0.15, -0.1) is 11.3 Å². The molecule has 28 heavy (non-hydrogen) atoms. The largest absolute Gasteiger partial charge is 0.338 e. The molecule has 1 aromatic heterocycles. The van der Waals surface area contributed by atoms with Crippen LogP contribution >= 0.6 is 22.9 Å². The Morgan fingerprint density at radius 3 is 2.43 bits per heavy atom. The highest BCUT2D eigenvalue weighted by Crippen LogP contribution is 2.25. The zero-order valence-electron chi connectivity index (χ0n) is 15.7. The number of likely N-dealkylation sites (tertiary alicyclic amines) is 1. The van der Waals surface area contributed by atoms with Crippen molar-refractivity contribution in [3.05, 3.63) is 57.2 Å². The normalized spacial score (nSPS) is 20.5. The first-order chi connectivity index (χ1) is 13.6. The van der Waals surface area contributed by atoms with Crippen molar-refractivity contribution in [3.8, 4) is 0 Å². The van der Waals surface area contributed by atoms with Crippen molar-refractivity contribution in [1.82, 2.24) is 14.7 Å². The lowest BCUT2D eigenvalue weighted by Gasteiger charge is -2.37. The molecule has 0 N–H and O–H groups in total. The van der Waals surface area contributed by atoms with Gasteiger partial charge in [0.15, 0.2) is 0 Å². The van der Waals surface area contributed by atoms with Crippen LogP contribution in [-0.4, -0.2) is 65.3 Å². The molecule has 0 bridgehead atoms. The Kier molecular flexibility index (Phi) is 5.99. The van der Waals surface area contributed by atoms with Gasteiger partial charge in [-0.2, -0.15) is 0 Å². The molecule has 2 aromatic rings. The van der Waals surface area contributed by atoms with E-state index in [9.17, 15) is 9.59 Å². The molecular formula is C21H24ClN3O2S. The number of piperazine rings is 1. The Morgan fingerprint density at radius 1 is 1.00 bits per heavy atom. The molecule has 4 rings (SSSR count). The third kappa shape index (κ3) is 4.24. The minimum Gasteiger partial charge on any atom is -0.338 e. The van der Waals surface area contributed by atoms with E-state index in [2.05, 4.69) is 11.0 Å². The summed E-state index contributed by atoms with van der Waals surface area (Å²) in [6.07, 6.45) is 1.64. The molecule has 0 radical (unpaired) electrons. The number of hydrogen-bond donors (Lipinski definition) is 0. The van der Waals surface area contributed by atoms with Crippen LogP contribution in [0.2, 0.25) is 4.34 Å². The number of nitrogens with zero attached hydrogens (tertiary/aromatic N) is 3. The highest BCUT2D eigenvalue weighted by molar-refractivity contribution is 7.16. The van der Waals surface area contributed by atoms with Crippen molar-refractivity contribution in [2.75, 3.05) is 32.7 Å². The number of hydrogen-bond acceptors (Lipinski definition) is 4. The monoisotopic (exact) mass is 417 g/mol. The van der Waals surface area contributed by atoms with Gasteiger partial charge >= 0.3 is 0 Å². The van der Waals surface area contributed by atoms with Crippen LogP contribution in [0.15, 0.2) is 42.5 Å². The van der Waals surface area contributed by atoms with Crippen LogP contribution < -0.4 is 0 Å². The molecule has 0 spiro atoms. The van der Waals surface area contributed by atoms with Crippen molar-refractivity contribution in [1.29, 1.82) is 0 Å².